The Hall–Kier alpha value is -2.40. The summed E-state index contributed by atoms with van der Waals surface area (Å²) in [6.45, 7) is 5.65. The predicted octanol–water partition coefficient (Wildman–Crippen LogP) is 2.67. The zero-order chi connectivity index (χ0) is 18.4. The van der Waals surface area contributed by atoms with Gasteiger partial charge in [-0.2, -0.15) is 0 Å². The Morgan fingerprint density at radius 2 is 2.04 bits per heavy atom. The van der Waals surface area contributed by atoms with E-state index in [9.17, 15) is 9.18 Å². The molecule has 1 amide bonds. The van der Waals surface area contributed by atoms with E-state index < -0.39 is 0 Å². The molecule has 1 saturated heterocycles. The van der Waals surface area contributed by atoms with Gasteiger partial charge in [0.05, 0.1) is 25.2 Å². The Morgan fingerprint density at radius 3 is 2.77 bits per heavy atom. The highest BCUT2D eigenvalue weighted by atomic mass is 19.1. The number of amides is 1. The second-order valence-corrected chi connectivity index (χ2v) is 6.80. The summed E-state index contributed by atoms with van der Waals surface area (Å²) in [5.41, 5.74) is 0.415. The molecule has 1 fully saturated rings. The summed E-state index contributed by atoms with van der Waals surface area (Å²) >= 11 is 0. The first kappa shape index (κ1) is 18.4. The number of halogens is 1. The van der Waals surface area contributed by atoms with Gasteiger partial charge >= 0.3 is 0 Å². The van der Waals surface area contributed by atoms with Crippen LogP contribution in [0.5, 0.6) is 0 Å². The molecule has 2 heterocycles. The molecule has 4 nitrogen and oxygen atoms in total. The largest absolute Gasteiger partial charge is 0.457 e. The third kappa shape index (κ3) is 4.82. The fraction of sp³-hybridized carbons (Fsp3) is 0.381. The smallest absolute Gasteiger partial charge is 0.244 e. The number of likely N-dealkylation sites (tertiary alicyclic amines) is 1. The van der Waals surface area contributed by atoms with E-state index in [1.165, 1.54) is 25.1 Å². The van der Waals surface area contributed by atoms with Gasteiger partial charge in [-0.05, 0) is 36.8 Å². The molecule has 26 heavy (non-hydrogen) atoms. The molecule has 1 aliphatic rings. The zero-order valence-electron chi connectivity index (χ0n) is 15.1. The summed E-state index contributed by atoms with van der Waals surface area (Å²) < 4.78 is 19.4. The maximum absolute atomic E-state index is 13.8. The Kier molecular flexibility index (Phi) is 6.23. The van der Waals surface area contributed by atoms with Crippen molar-refractivity contribution in [3.63, 3.8) is 0 Å². The molecule has 0 bridgehead atoms. The van der Waals surface area contributed by atoms with Gasteiger partial charge in [0.2, 0.25) is 5.91 Å². The van der Waals surface area contributed by atoms with Crippen LogP contribution < -0.4 is 10.2 Å². The Bertz CT molecular complexity index is 761. The monoisotopic (exact) mass is 357 g/mol. The normalized spacial score (nSPS) is 20.4. The molecule has 1 aliphatic heterocycles. The van der Waals surface area contributed by atoms with Crippen LogP contribution in [0.4, 0.5) is 4.39 Å². The molecule has 0 aliphatic carbocycles. The van der Waals surface area contributed by atoms with Crippen molar-refractivity contribution in [3.8, 4) is 11.3 Å². The third-order valence-corrected chi connectivity index (χ3v) is 4.81. The Morgan fingerprint density at radius 1 is 1.27 bits per heavy atom. The van der Waals surface area contributed by atoms with E-state index in [0.29, 0.717) is 17.1 Å². The number of piperidine rings is 1. The molecule has 2 aromatic rings. The summed E-state index contributed by atoms with van der Waals surface area (Å²) in [6, 6.07) is 10.2. The van der Waals surface area contributed by atoms with Crippen LogP contribution in [0.25, 0.3) is 17.4 Å². The lowest BCUT2D eigenvalue weighted by molar-refractivity contribution is -0.905. The van der Waals surface area contributed by atoms with Crippen LogP contribution in [0.2, 0.25) is 0 Å². The quantitative estimate of drug-likeness (QED) is 0.781. The van der Waals surface area contributed by atoms with E-state index in [1.807, 2.05) is 0 Å². The lowest BCUT2D eigenvalue weighted by Crippen LogP contribution is -3.13. The predicted molar refractivity (Wildman–Crippen MR) is 100 cm³/mol. The van der Waals surface area contributed by atoms with Gasteiger partial charge in [-0.15, -0.1) is 0 Å². The standard InChI is InChI=1S/C21H25FN2O2/c1-2-13-24-14-11-16(12-15-24)23-21(25)10-8-17-7-9-20(26-17)18-5-3-4-6-19(18)22/h3-10,16H,2,11-15H2,1H3,(H,23,25)/p+1/b10-8+. The third-order valence-electron chi connectivity index (χ3n) is 4.81. The second-order valence-electron chi connectivity index (χ2n) is 6.80. The van der Waals surface area contributed by atoms with E-state index in [-0.39, 0.29) is 17.8 Å². The molecule has 0 spiro atoms. The van der Waals surface area contributed by atoms with Crippen molar-refractivity contribution in [2.45, 2.75) is 32.2 Å². The van der Waals surface area contributed by atoms with Crippen LogP contribution in [0.3, 0.4) is 0 Å². The molecule has 3 rings (SSSR count). The average molecular weight is 357 g/mol. The highest BCUT2D eigenvalue weighted by molar-refractivity contribution is 5.91. The molecule has 1 aromatic heterocycles. The van der Waals surface area contributed by atoms with Crippen LogP contribution in [0.1, 0.15) is 31.9 Å². The molecular weight excluding hydrogens is 331 g/mol. The highest BCUT2D eigenvalue weighted by Crippen LogP contribution is 2.25. The van der Waals surface area contributed by atoms with Crippen molar-refractivity contribution in [1.29, 1.82) is 0 Å². The molecule has 0 atom stereocenters. The molecule has 5 heteroatoms. The highest BCUT2D eigenvalue weighted by Gasteiger charge is 2.22. The van der Waals surface area contributed by atoms with E-state index in [1.54, 1.807) is 41.3 Å². The number of furan rings is 1. The van der Waals surface area contributed by atoms with Crippen LogP contribution in [0.15, 0.2) is 46.9 Å². The molecular formula is C21H26FN2O2+. The second kappa shape index (κ2) is 8.81. The van der Waals surface area contributed by atoms with Crippen LogP contribution in [0, 0.1) is 5.82 Å². The van der Waals surface area contributed by atoms with Gasteiger partial charge < -0.3 is 14.6 Å². The minimum atomic E-state index is -0.327. The molecule has 0 unspecified atom stereocenters. The van der Waals surface area contributed by atoms with Gasteiger partial charge in [-0.1, -0.05) is 19.1 Å². The summed E-state index contributed by atoms with van der Waals surface area (Å²) in [5, 5.41) is 3.06. The van der Waals surface area contributed by atoms with Crippen molar-refractivity contribution in [2.24, 2.45) is 0 Å². The maximum Gasteiger partial charge on any atom is 0.244 e. The van der Waals surface area contributed by atoms with Gasteiger partial charge in [0, 0.05) is 25.0 Å². The molecule has 0 saturated carbocycles. The number of rotatable bonds is 6. The van der Waals surface area contributed by atoms with Crippen molar-refractivity contribution < 1.29 is 18.5 Å². The number of nitrogens with one attached hydrogen (secondary N) is 2. The summed E-state index contributed by atoms with van der Waals surface area (Å²) in [4.78, 5) is 13.7. The van der Waals surface area contributed by atoms with Crippen molar-refractivity contribution in [1.82, 2.24) is 5.32 Å². The van der Waals surface area contributed by atoms with Crippen molar-refractivity contribution >= 4 is 12.0 Å². The molecule has 2 N–H and O–H groups in total. The first-order chi connectivity index (χ1) is 12.7. The van der Waals surface area contributed by atoms with Crippen LogP contribution in [-0.2, 0) is 4.79 Å². The average Bonchev–Trinajstić information content (AvgIpc) is 3.11. The fourth-order valence-corrected chi connectivity index (χ4v) is 3.43. The first-order valence-electron chi connectivity index (χ1n) is 9.32. The molecule has 0 radical (unpaired) electrons. The molecule has 138 valence electrons. The summed E-state index contributed by atoms with van der Waals surface area (Å²) in [5.74, 6) is 0.541. The molecule has 1 aromatic carbocycles. The van der Waals surface area contributed by atoms with Crippen molar-refractivity contribution in [3.05, 3.63) is 54.1 Å². The number of hydrogen-bond acceptors (Lipinski definition) is 2. The zero-order valence-corrected chi connectivity index (χ0v) is 15.1. The van der Waals surface area contributed by atoms with E-state index in [0.717, 1.165) is 25.9 Å². The maximum atomic E-state index is 13.8. The lowest BCUT2D eigenvalue weighted by Gasteiger charge is -2.29. The van der Waals surface area contributed by atoms with Gasteiger partial charge in [0.15, 0.2) is 0 Å². The topological polar surface area (TPSA) is 46.7 Å². The van der Waals surface area contributed by atoms with Gasteiger partial charge in [-0.3, -0.25) is 4.79 Å². The van der Waals surface area contributed by atoms with Crippen LogP contribution >= 0.6 is 0 Å². The Labute approximate surface area is 153 Å². The van der Waals surface area contributed by atoms with Gasteiger partial charge in [0.1, 0.15) is 17.3 Å². The minimum Gasteiger partial charge on any atom is -0.457 e. The number of carbonyl (C=O) groups excluding carboxylic acids is 1. The number of quaternary nitrogens is 1. The number of carbonyl (C=O) groups is 1. The van der Waals surface area contributed by atoms with Crippen molar-refractivity contribution in [2.75, 3.05) is 19.6 Å². The van der Waals surface area contributed by atoms with E-state index in [4.69, 9.17) is 4.42 Å². The van der Waals surface area contributed by atoms with E-state index >= 15 is 0 Å². The number of benzene rings is 1. The van der Waals surface area contributed by atoms with Gasteiger partial charge in [0.25, 0.3) is 0 Å². The van der Waals surface area contributed by atoms with Gasteiger partial charge in [-0.25, -0.2) is 4.39 Å². The minimum absolute atomic E-state index is 0.113. The number of hydrogen-bond donors (Lipinski definition) is 2. The lowest BCUT2D eigenvalue weighted by atomic mass is 10.0. The van der Waals surface area contributed by atoms with E-state index in [2.05, 4.69) is 12.2 Å². The fourth-order valence-electron chi connectivity index (χ4n) is 3.43. The van der Waals surface area contributed by atoms with Crippen LogP contribution in [-0.4, -0.2) is 31.6 Å². The Balaban J connectivity index is 1.52. The summed E-state index contributed by atoms with van der Waals surface area (Å²) in [6.07, 6.45) is 6.35. The summed E-state index contributed by atoms with van der Waals surface area (Å²) in [7, 11) is 0. The SMILES string of the molecule is CCC[NH+]1CCC(NC(=O)/C=C/c2ccc(-c3ccccc3F)o2)CC1. The first-order valence-corrected chi connectivity index (χ1v) is 9.32.